The minimum Gasteiger partial charge on any atom is -0.428 e. The van der Waals surface area contributed by atoms with Gasteiger partial charge >= 0.3 is 12.3 Å². The lowest BCUT2D eigenvalue weighted by Crippen LogP contribution is -2.52. The average molecular weight is 434 g/mol. The van der Waals surface area contributed by atoms with Gasteiger partial charge in [-0.15, -0.1) is 0 Å². The van der Waals surface area contributed by atoms with Crippen LogP contribution in [-0.4, -0.2) is 66.0 Å². The summed E-state index contributed by atoms with van der Waals surface area (Å²) in [6.07, 6.45) is -8.98. The van der Waals surface area contributed by atoms with Crippen LogP contribution in [0.15, 0.2) is 54.6 Å². The Morgan fingerprint density at radius 3 is 1.87 bits per heavy atom. The highest BCUT2D eigenvalue weighted by atomic mass is 19.4. The van der Waals surface area contributed by atoms with Gasteiger partial charge in [0, 0.05) is 31.7 Å². The number of ether oxygens (including phenoxy) is 1. The second-order valence-corrected chi connectivity index (χ2v) is 7.14. The van der Waals surface area contributed by atoms with Crippen LogP contribution in [0.3, 0.4) is 0 Å². The second kappa shape index (κ2) is 9.20. The molecule has 1 heterocycles. The fourth-order valence-electron chi connectivity index (χ4n) is 3.27. The van der Waals surface area contributed by atoms with Gasteiger partial charge in [0.25, 0.3) is 12.0 Å². The van der Waals surface area contributed by atoms with Gasteiger partial charge in [-0.25, -0.2) is 4.79 Å². The van der Waals surface area contributed by atoms with E-state index >= 15 is 0 Å². The molecular formula is C22H21F3N2O4. The molecule has 1 aliphatic rings. The van der Waals surface area contributed by atoms with Crippen molar-refractivity contribution < 1.29 is 32.3 Å². The first kappa shape index (κ1) is 22.3. The van der Waals surface area contributed by atoms with Gasteiger partial charge < -0.3 is 14.5 Å². The van der Waals surface area contributed by atoms with Crippen LogP contribution in [-0.2, 0) is 9.53 Å². The average Bonchev–Trinajstić information content (AvgIpc) is 2.76. The highest BCUT2D eigenvalue weighted by Gasteiger charge is 2.47. The summed E-state index contributed by atoms with van der Waals surface area (Å²) in [4.78, 5) is 38.5. The van der Waals surface area contributed by atoms with E-state index in [1.54, 1.807) is 12.1 Å². The molecule has 3 rings (SSSR count). The molecule has 0 spiro atoms. The Kier molecular flexibility index (Phi) is 6.62. The van der Waals surface area contributed by atoms with E-state index in [9.17, 15) is 27.6 Å². The van der Waals surface area contributed by atoms with Crippen molar-refractivity contribution in [3.63, 3.8) is 0 Å². The molecule has 0 N–H and O–H groups in total. The highest BCUT2D eigenvalue weighted by Crippen LogP contribution is 2.25. The lowest BCUT2D eigenvalue weighted by molar-refractivity contribution is -0.204. The number of carbonyl (C=O) groups excluding carboxylic acids is 3. The minimum absolute atomic E-state index is 0.00908. The maximum atomic E-state index is 12.8. The molecule has 0 radical (unpaired) electrons. The number of piperazine rings is 1. The molecule has 1 saturated heterocycles. The zero-order valence-electron chi connectivity index (χ0n) is 16.8. The topological polar surface area (TPSA) is 66.9 Å². The van der Waals surface area contributed by atoms with Gasteiger partial charge in [0.05, 0.1) is 0 Å². The first-order valence-electron chi connectivity index (χ1n) is 9.64. The summed E-state index contributed by atoms with van der Waals surface area (Å²) in [5, 5.41) is 0. The maximum Gasteiger partial charge on any atom is 0.432 e. The molecule has 9 heteroatoms. The van der Waals surface area contributed by atoms with E-state index in [2.05, 4.69) is 4.74 Å². The molecule has 1 unspecified atom stereocenters. The number of ketones is 1. The Balaban J connectivity index is 1.57. The third-order valence-corrected chi connectivity index (χ3v) is 4.95. The largest absolute Gasteiger partial charge is 0.432 e. The number of rotatable bonds is 4. The third kappa shape index (κ3) is 5.42. The molecule has 6 nitrogen and oxygen atoms in total. The van der Waals surface area contributed by atoms with Crippen LogP contribution in [0.2, 0.25) is 0 Å². The number of hydrogen-bond donors (Lipinski definition) is 0. The van der Waals surface area contributed by atoms with E-state index < -0.39 is 24.2 Å². The van der Waals surface area contributed by atoms with E-state index in [0.717, 1.165) is 16.0 Å². The van der Waals surface area contributed by atoms with E-state index in [4.69, 9.17) is 0 Å². The molecule has 164 valence electrons. The Morgan fingerprint density at radius 1 is 0.839 bits per heavy atom. The van der Waals surface area contributed by atoms with Gasteiger partial charge in [-0.1, -0.05) is 42.5 Å². The predicted molar refractivity (Wildman–Crippen MR) is 106 cm³/mol. The first-order chi connectivity index (χ1) is 14.7. The third-order valence-electron chi connectivity index (χ3n) is 4.95. The summed E-state index contributed by atoms with van der Waals surface area (Å²) < 4.78 is 42.8. The molecule has 0 aromatic heterocycles. The van der Waals surface area contributed by atoms with Crippen LogP contribution in [0.4, 0.5) is 18.0 Å². The molecule has 2 aromatic carbocycles. The van der Waals surface area contributed by atoms with Crippen LogP contribution < -0.4 is 0 Å². The number of hydrogen-bond acceptors (Lipinski definition) is 4. The van der Waals surface area contributed by atoms with Gasteiger partial charge in [-0.3, -0.25) is 9.59 Å². The highest BCUT2D eigenvalue weighted by molar-refractivity contribution is 5.95. The van der Waals surface area contributed by atoms with Crippen molar-refractivity contribution in [2.45, 2.75) is 19.2 Å². The molecule has 1 fully saturated rings. The number of carbonyl (C=O) groups is 3. The number of amides is 2. The van der Waals surface area contributed by atoms with E-state index in [1.807, 2.05) is 42.5 Å². The van der Waals surface area contributed by atoms with E-state index in [1.165, 1.54) is 4.90 Å². The van der Waals surface area contributed by atoms with Crippen molar-refractivity contribution in [2.24, 2.45) is 0 Å². The predicted octanol–water partition coefficient (Wildman–Crippen LogP) is 3.77. The second-order valence-electron chi connectivity index (χ2n) is 7.14. The fourth-order valence-corrected chi connectivity index (χ4v) is 3.27. The van der Waals surface area contributed by atoms with E-state index in [-0.39, 0.29) is 32.1 Å². The minimum atomic E-state index is -4.97. The summed E-state index contributed by atoms with van der Waals surface area (Å²) in [6, 6.07) is 16.8. The van der Waals surface area contributed by atoms with Crippen LogP contribution in [0.25, 0.3) is 11.1 Å². The molecule has 1 atom stereocenters. The van der Waals surface area contributed by atoms with Crippen LogP contribution in [0.5, 0.6) is 0 Å². The lowest BCUT2D eigenvalue weighted by Gasteiger charge is -2.34. The smallest absolute Gasteiger partial charge is 0.428 e. The Labute approximate surface area is 177 Å². The van der Waals surface area contributed by atoms with Crippen molar-refractivity contribution in [3.8, 4) is 11.1 Å². The molecule has 0 aliphatic carbocycles. The number of nitrogens with zero attached hydrogens (tertiary/aromatic N) is 2. The van der Waals surface area contributed by atoms with Crippen molar-refractivity contribution >= 4 is 17.8 Å². The summed E-state index contributed by atoms with van der Waals surface area (Å²) in [6.45, 7) is 1.02. The van der Waals surface area contributed by atoms with Crippen molar-refractivity contribution in [2.75, 3.05) is 26.2 Å². The van der Waals surface area contributed by atoms with Crippen LogP contribution >= 0.6 is 0 Å². The molecule has 1 aliphatic heterocycles. The van der Waals surface area contributed by atoms with Crippen LogP contribution in [0, 0.1) is 0 Å². The Bertz CT molecular complexity index is 937. The summed E-state index contributed by atoms with van der Waals surface area (Å²) >= 11 is 0. The Hall–Kier alpha value is -3.36. The quantitative estimate of drug-likeness (QED) is 0.735. The lowest BCUT2D eigenvalue weighted by atomic mass is 10.0. The summed E-state index contributed by atoms with van der Waals surface area (Å²) in [7, 11) is 0. The molecule has 0 bridgehead atoms. The summed E-state index contributed by atoms with van der Waals surface area (Å²) in [5.41, 5.74) is 2.47. The zero-order valence-corrected chi connectivity index (χ0v) is 16.8. The first-order valence-corrected chi connectivity index (χ1v) is 9.64. The van der Waals surface area contributed by atoms with Gasteiger partial charge in [0.15, 0.2) is 5.78 Å². The standard InChI is InChI=1S/C22H21F3N2O4/c1-15(28)19(22(23,24)25)31-21(30)27-13-11-26(12-14-27)20(29)18-9-7-17(8-10-18)16-5-3-2-4-6-16/h2-10,19H,11-14H2,1H3. The van der Waals surface area contributed by atoms with E-state index in [0.29, 0.717) is 12.5 Å². The number of alkyl halides is 3. The number of benzene rings is 2. The monoisotopic (exact) mass is 434 g/mol. The molecule has 2 amide bonds. The number of Topliss-reactive ketones (excluding diaryl/α,β-unsaturated/α-hetero) is 1. The van der Waals surface area contributed by atoms with Crippen molar-refractivity contribution in [1.82, 2.24) is 9.80 Å². The van der Waals surface area contributed by atoms with Crippen molar-refractivity contribution in [1.29, 1.82) is 0 Å². The number of halogens is 3. The SMILES string of the molecule is CC(=O)C(OC(=O)N1CCN(C(=O)c2ccc(-c3ccccc3)cc2)CC1)C(F)(F)F. The normalized spacial score (nSPS) is 15.4. The molecule has 31 heavy (non-hydrogen) atoms. The van der Waals surface area contributed by atoms with Gasteiger partial charge in [0.2, 0.25) is 0 Å². The fraction of sp³-hybridized carbons (Fsp3) is 0.318. The van der Waals surface area contributed by atoms with Crippen LogP contribution in [0.1, 0.15) is 17.3 Å². The van der Waals surface area contributed by atoms with Gasteiger partial charge in [-0.2, -0.15) is 13.2 Å². The van der Waals surface area contributed by atoms with Gasteiger partial charge in [0.1, 0.15) is 0 Å². The van der Waals surface area contributed by atoms with Gasteiger partial charge in [-0.05, 0) is 30.2 Å². The maximum absolute atomic E-state index is 12.8. The summed E-state index contributed by atoms with van der Waals surface area (Å²) in [5.74, 6) is -1.53. The molecular weight excluding hydrogens is 413 g/mol. The molecule has 2 aromatic rings. The molecule has 0 saturated carbocycles. The Morgan fingerprint density at radius 2 is 1.35 bits per heavy atom. The van der Waals surface area contributed by atoms with Crippen molar-refractivity contribution in [3.05, 3.63) is 60.2 Å². The zero-order chi connectivity index (χ0) is 22.6.